The molecule has 198 valence electrons. The molecule has 0 radical (unpaired) electrons. The lowest BCUT2D eigenvalue weighted by Crippen LogP contribution is -2.27. The maximum absolute atomic E-state index is 13.3. The van der Waals surface area contributed by atoms with Gasteiger partial charge in [0.2, 0.25) is 19.9 Å². The summed E-state index contributed by atoms with van der Waals surface area (Å²) < 4.78 is 56.2. The van der Waals surface area contributed by atoms with E-state index in [4.69, 9.17) is 0 Å². The monoisotopic (exact) mass is 558 g/mol. The molecule has 0 unspecified atom stereocenters. The van der Waals surface area contributed by atoms with Gasteiger partial charge in [0.15, 0.2) is 0 Å². The molecule has 0 spiro atoms. The number of sulfone groups is 1. The summed E-state index contributed by atoms with van der Waals surface area (Å²) >= 11 is 0. The third-order valence-corrected chi connectivity index (χ3v) is 10.2. The van der Waals surface area contributed by atoms with E-state index in [9.17, 15) is 22.1 Å². The van der Waals surface area contributed by atoms with E-state index < -0.39 is 24.8 Å². The zero-order valence-corrected chi connectivity index (χ0v) is 22.9. The number of nitriles is 1. The summed E-state index contributed by atoms with van der Waals surface area (Å²) in [5.74, 6) is 0. The maximum Gasteiger partial charge on any atom is 0.243 e. The lowest BCUT2D eigenvalue weighted by Gasteiger charge is -2.16. The Kier molecular flexibility index (Phi) is 7.23. The highest BCUT2D eigenvalue weighted by Crippen LogP contribution is 2.31. The minimum absolute atomic E-state index is 0.0107. The zero-order chi connectivity index (χ0) is 27.6. The summed E-state index contributed by atoms with van der Waals surface area (Å²) in [4.78, 5) is -0.295. The maximum atomic E-state index is 13.3. The second-order valence-corrected chi connectivity index (χ2v) is 13.1. The Labute approximate surface area is 228 Å². The molecule has 0 amide bonds. The largest absolute Gasteiger partial charge is 0.243 e. The molecule has 0 bridgehead atoms. The second kappa shape index (κ2) is 10.6. The molecule has 0 saturated carbocycles. The Balaban J connectivity index is 1.65. The quantitative estimate of drug-likeness (QED) is 0.296. The van der Waals surface area contributed by atoms with Gasteiger partial charge in [-0.1, -0.05) is 48.0 Å². The lowest BCUT2D eigenvalue weighted by atomic mass is 10.1. The topological polar surface area (TPSA) is 113 Å². The first kappa shape index (κ1) is 26.6. The van der Waals surface area contributed by atoms with Crippen molar-refractivity contribution in [1.82, 2.24) is 14.1 Å². The van der Waals surface area contributed by atoms with E-state index in [-0.39, 0.29) is 9.79 Å². The fourth-order valence-electron chi connectivity index (χ4n) is 4.47. The van der Waals surface area contributed by atoms with Gasteiger partial charge < -0.3 is 0 Å². The van der Waals surface area contributed by atoms with Gasteiger partial charge in [0.05, 0.1) is 15.5 Å². The van der Waals surface area contributed by atoms with Crippen molar-refractivity contribution in [3.05, 3.63) is 101 Å². The van der Waals surface area contributed by atoms with Crippen LogP contribution in [0.5, 0.6) is 0 Å². The van der Waals surface area contributed by atoms with E-state index in [1.54, 1.807) is 47.3 Å². The van der Waals surface area contributed by atoms with Crippen molar-refractivity contribution in [3.63, 3.8) is 0 Å². The number of allylic oxidation sites excluding steroid dienone is 1. The highest BCUT2D eigenvalue weighted by Gasteiger charge is 2.28. The Hall–Kier alpha value is -4.04. The van der Waals surface area contributed by atoms with E-state index >= 15 is 0 Å². The highest BCUT2D eigenvalue weighted by atomic mass is 32.2. The molecule has 2 heterocycles. The molecule has 4 aromatic rings. The van der Waals surface area contributed by atoms with Crippen molar-refractivity contribution in [1.29, 1.82) is 5.26 Å². The molecule has 0 atom stereocenters. The number of nitrogens with zero attached hydrogens (tertiary/aromatic N) is 4. The van der Waals surface area contributed by atoms with Crippen LogP contribution in [0.3, 0.4) is 0 Å². The summed E-state index contributed by atoms with van der Waals surface area (Å²) in [5, 5.41) is 14.6. The van der Waals surface area contributed by atoms with Gasteiger partial charge in [-0.25, -0.2) is 21.5 Å². The van der Waals surface area contributed by atoms with Crippen molar-refractivity contribution in [2.24, 2.45) is 0 Å². The van der Waals surface area contributed by atoms with Crippen LogP contribution in [0.4, 0.5) is 0 Å². The summed E-state index contributed by atoms with van der Waals surface area (Å²) in [5.41, 5.74) is 2.82. The van der Waals surface area contributed by atoms with Crippen molar-refractivity contribution in [2.45, 2.75) is 29.6 Å². The Bertz CT molecular complexity index is 1800. The number of hydrogen-bond donors (Lipinski definition) is 0. The minimum atomic E-state index is -4.10. The fraction of sp³-hybridized carbons (Fsp3) is 0.172. The van der Waals surface area contributed by atoms with Crippen molar-refractivity contribution in [2.75, 3.05) is 13.1 Å². The van der Waals surface area contributed by atoms with Crippen molar-refractivity contribution >= 4 is 25.9 Å². The fourth-order valence-corrected chi connectivity index (χ4v) is 7.18. The van der Waals surface area contributed by atoms with Gasteiger partial charge in [-0.2, -0.15) is 14.7 Å². The number of para-hydroxylation sites is 1. The van der Waals surface area contributed by atoms with Gasteiger partial charge in [-0.3, -0.25) is 0 Å². The summed E-state index contributed by atoms with van der Waals surface area (Å²) in [7, 11) is -7.79. The smallest absolute Gasteiger partial charge is 0.240 e. The molecule has 1 saturated heterocycles. The molecule has 5 rings (SSSR count). The molecule has 10 heteroatoms. The number of rotatable bonds is 7. The van der Waals surface area contributed by atoms with Crippen LogP contribution in [0.2, 0.25) is 0 Å². The van der Waals surface area contributed by atoms with E-state index in [0.29, 0.717) is 29.9 Å². The normalized spacial score (nSPS) is 14.8. The third-order valence-electron chi connectivity index (χ3n) is 6.59. The van der Waals surface area contributed by atoms with Gasteiger partial charge in [0.25, 0.3) is 0 Å². The van der Waals surface area contributed by atoms with E-state index in [1.807, 2.05) is 43.3 Å². The van der Waals surface area contributed by atoms with Crippen LogP contribution < -0.4 is 0 Å². The van der Waals surface area contributed by atoms with Gasteiger partial charge in [-0.05, 0) is 62.2 Å². The van der Waals surface area contributed by atoms with Crippen LogP contribution in [-0.4, -0.2) is 44.0 Å². The summed E-state index contributed by atoms with van der Waals surface area (Å²) in [6.07, 6.45) is 4.57. The van der Waals surface area contributed by atoms with Crippen LogP contribution in [0.1, 0.15) is 24.0 Å². The van der Waals surface area contributed by atoms with Crippen molar-refractivity contribution in [3.8, 4) is 23.0 Å². The third kappa shape index (κ3) is 5.29. The van der Waals surface area contributed by atoms with Gasteiger partial charge in [0.1, 0.15) is 16.7 Å². The number of sulfonamides is 1. The van der Waals surface area contributed by atoms with E-state index in [1.165, 1.54) is 22.5 Å². The molecule has 1 fully saturated rings. The lowest BCUT2D eigenvalue weighted by molar-refractivity contribution is 0.477. The molecule has 0 aliphatic carbocycles. The van der Waals surface area contributed by atoms with Crippen molar-refractivity contribution < 1.29 is 16.8 Å². The number of hydrogen-bond acceptors (Lipinski definition) is 6. The molecule has 0 N–H and O–H groups in total. The average Bonchev–Trinajstić information content (AvgIpc) is 3.64. The van der Waals surface area contributed by atoms with E-state index in [0.717, 1.165) is 24.1 Å². The molecular formula is C29H26N4O4S2. The van der Waals surface area contributed by atoms with E-state index in [2.05, 4.69) is 5.10 Å². The van der Waals surface area contributed by atoms with Crippen LogP contribution in [0, 0.1) is 18.3 Å². The first-order valence-corrected chi connectivity index (χ1v) is 15.3. The molecule has 1 aromatic heterocycles. The Morgan fingerprint density at radius 2 is 1.59 bits per heavy atom. The van der Waals surface area contributed by atoms with Crippen LogP contribution in [0.25, 0.3) is 23.0 Å². The SMILES string of the molecule is Cc1ccc(S(=O)(=O)/C(C#N)=C\c2cn(-c3ccccc3)nc2-c2cccc(S(=O)(=O)N3CCCC3)c2)cc1. The second-order valence-electron chi connectivity index (χ2n) is 9.29. The average molecular weight is 559 g/mol. The molecule has 3 aromatic carbocycles. The summed E-state index contributed by atoms with van der Waals surface area (Å²) in [6, 6.07) is 23.8. The Morgan fingerprint density at radius 3 is 2.26 bits per heavy atom. The van der Waals surface area contributed by atoms with Gasteiger partial charge >= 0.3 is 0 Å². The number of aryl methyl sites for hydroxylation is 1. The Morgan fingerprint density at radius 1 is 0.897 bits per heavy atom. The van der Waals surface area contributed by atoms with Gasteiger partial charge in [-0.15, -0.1) is 0 Å². The standard InChI is InChI=1S/C29H26N4O4S2/c1-22-12-14-26(15-13-22)38(34,35)28(20-30)19-24-21-33(25-9-3-2-4-10-25)31-29(24)23-8-7-11-27(18-23)39(36,37)32-16-5-6-17-32/h2-4,7-15,18-19,21H,5-6,16-17H2,1H3/b28-19-. The number of aromatic nitrogens is 2. The molecule has 1 aliphatic heterocycles. The predicted molar refractivity (Wildman–Crippen MR) is 149 cm³/mol. The minimum Gasteiger partial charge on any atom is -0.240 e. The molecule has 8 nitrogen and oxygen atoms in total. The van der Waals surface area contributed by atoms with Crippen LogP contribution in [-0.2, 0) is 19.9 Å². The molecule has 39 heavy (non-hydrogen) atoms. The summed E-state index contributed by atoms with van der Waals surface area (Å²) in [6.45, 7) is 2.80. The van der Waals surface area contributed by atoms with Gasteiger partial charge in [0, 0.05) is 30.4 Å². The highest BCUT2D eigenvalue weighted by molar-refractivity contribution is 7.95. The number of benzene rings is 3. The molecule has 1 aliphatic rings. The first-order chi connectivity index (χ1) is 18.7. The molecular weight excluding hydrogens is 532 g/mol. The van der Waals surface area contributed by atoms with Crippen LogP contribution >= 0.6 is 0 Å². The first-order valence-electron chi connectivity index (χ1n) is 12.4. The van der Waals surface area contributed by atoms with Crippen LogP contribution in [0.15, 0.2) is 99.8 Å². The predicted octanol–water partition coefficient (Wildman–Crippen LogP) is 4.97. The zero-order valence-electron chi connectivity index (χ0n) is 21.2.